The largest absolute Gasteiger partial charge is 0.465 e. The van der Waals surface area contributed by atoms with E-state index in [1.807, 2.05) is 13.8 Å². The number of ether oxygens (including phenoxy) is 2. The summed E-state index contributed by atoms with van der Waals surface area (Å²) >= 11 is 0. The van der Waals surface area contributed by atoms with Gasteiger partial charge in [-0.2, -0.15) is 4.80 Å². The number of nitrogens with zero attached hydrogens (tertiary/aromatic N) is 5. The summed E-state index contributed by atoms with van der Waals surface area (Å²) in [6, 6.07) is -0.446. The van der Waals surface area contributed by atoms with Crippen molar-refractivity contribution in [2.24, 2.45) is 17.8 Å². The monoisotopic (exact) mass is 548 g/mol. The lowest BCUT2D eigenvalue weighted by Crippen LogP contribution is -2.51. The van der Waals surface area contributed by atoms with Crippen molar-refractivity contribution in [1.29, 1.82) is 0 Å². The Bertz CT molecular complexity index is 843. The van der Waals surface area contributed by atoms with E-state index < -0.39 is 0 Å². The van der Waals surface area contributed by atoms with Gasteiger partial charge in [0.15, 0.2) is 5.82 Å². The molecule has 0 amide bonds. The first-order chi connectivity index (χ1) is 16.5. The molecule has 1 aromatic heterocycles. The van der Waals surface area contributed by atoms with Crippen molar-refractivity contribution in [3.63, 3.8) is 0 Å². The Labute approximate surface area is 226 Å². The normalized spacial score (nSPS) is 30.0. The molecule has 6 atom stereocenters. The molecule has 1 aliphatic carbocycles. The number of esters is 2. The smallest absolute Gasteiger partial charge is 0.323 e. The highest BCUT2D eigenvalue weighted by Crippen LogP contribution is 2.40. The molecule has 10 nitrogen and oxygen atoms in total. The predicted molar refractivity (Wildman–Crippen MR) is 139 cm³/mol. The highest BCUT2D eigenvalue weighted by Gasteiger charge is 2.43. The average Bonchev–Trinajstić information content (AvgIpc) is 3.46. The number of hydrogen-bond donors (Lipinski definition) is 1. The third-order valence-electron chi connectivity index (χ3n) is 7.69. The second kappa shape index (κ2) is 14.4. The molecule has 0 radical (unpaired) electrons. The Hall–Kier alpha value is -1.49. The fourth-order valence-corrected chi connectivity index (χ4v) is 6.05. The number of hydrogen-bond acceptors (Lipinski definition) is 9. The lowest BCUT2D eigenvalue weighted by molar-refractivity contribution is -0.149. The van der Waals surface area contributed by atoms with Crippen LogP contribution in [0.3, 0.4) is 0 Å². The number of piperidine rings is 1. The third kappa shape index (κ3) is 7.30. The maximum atomic E-state index is 12.8. The van der Waals surface area contributed by atoms with Crippen molar-refractivity contribution < 1.29 is 19.1 Å². The van der Waals surface area contributed by atoms with Crippen molar-refractivity contribution in [3.8, 4) is 0 Å². The maximum Gasteiger partial charge on any atom is 0.323 e. The van der Waals surface area contributed by atoms with Crippen LogP contribution in [0.25, 0.3) is 0 Å². The number of halogens is 2. The highest BCUT2D eigenvalue weighted by atomic mass is 35.5. The number of aryl methyl sites for hydroxylation is 1. The molecule has 4 rings (SSSR count). The van der Waals surface area contributed by atoms with Crippen molar-refractivity contribution in [3.05, 3.63) is 5.82 Å². The molecule has 1 N–H and O–H groups in total. The van der Waals surface area contributed by atoms with Gasteiger partial charge in [0.05, 0.1) is 19.3 Å². The molecule has 3 aliphatic rings. The van der Waals surface area contributed by atoms with Crippen molar-refractivity contribution in [1.82, 2.24) is 30.4 Å². The van der Waals surface area contributed by atoms with Crippen LogP contribution in [0.1, 0.15) is 71.2 Å². The SMILES string of the molecule is CCCc1nnn([C@H]2C[C@@H](C(=O)OCC)N(C[C@H]3CC[C@H]4CN[C@H](C(=O)OCC)C[C@H]4C3)C2)n1.Cl.Cl. The van der Waals surface area contributed by atoms with E-state index in [2.05, 4.69) is 32.6 Å². The molecule has 36 heavy (non-hydrogen) atoms. The summed E-state index contributed by atoms with van der Waals surface area (Å²) in [5.41, 5.74) is 0. The zero-order chi connectivity index (χ0) is 24.1. The number of nitrogens with one attached hydrogen (secondary N) is 1. The summed E-state index contributed by atoms with van der Waals surface area (Å²) in [7, 11) is 0. The minimum Gasteiger partial charge on any atom is -0.465 e. The number of rotatable bonds is 9. The summed E-state index contributed by atoms with van der Waals surface area (Å²) in [5.74, 6) is 2.10. The van der Waals surface area contributed by atoms with Gasteiger partial charge >= 0.3 is 11.9 Å². The van der Waals surface area contributed by atoms with Gasteiger partial charge in [-0.15, -0.1) is 35.0 Å². The number of aromatic nitrogens is 4. The molecule has 206 valence electrons. The summed E-state index contributed by atoms with van der Waals surface area (Å²) in [4.78, 5) is 29.0. The van der Waals surface area contributed by atoms with Crippen LogP contribution in [0, 0.1) is 17.8 Å². The quantitative estimate of drug-likeness (QED) is 0.465. The molecule has 0 bridgehead atoms. The molecule has 1 aromatic rings. The first-order valence-electron chi connectivity index (χ1n) is 13.1. The third-order valence-corrected chi connectivity index (χ3v) is 7.69. The van der Waals surface area contributed by atoms with Crippen molar-refractivity contribution >= 4 is 36.8 Å². The number of fused-ring (bicyclic) bond motifs is 1. The molecule has 12 heteroatoms. The molecular formula is C24H42Cl2N6O4. The van der Waals surface area contributed by atoms with Gasteiger partial charge < -0.3 is 14.8 Å². The van der Waals surface area contributed by atoms with Gasteiger partial charge in [-0.3, -0.25) is 14.5 Å². The van der Waals surface area contributed by atoms with E-state index in [0.717, 1.165) is 64.0 Å². The number of tetrazole rings is 1. The van der Waals surface area contributed by atoms with Crippen molar-refractivity contribution in [2.75, 3.05) is 32.8 Å². The zero-order valence-electron chi connectivity index (χ0n) is 21.6. The second-order valence-corrected chi connectivity index (χ2v) is 10.0. The van der Waals surface area contributed by atoms with Crippen LogP contribution in [0.5, 0.6) is 0 Å². The van der Waals surface area contributed by atoms with Crippen molar-refractivity contribution in [2.45, 2.75) is 83.8 Å². The Morgan fingerprint density at radius 2 is 1.75 bits per heavy atom. The molecule has 1 saturated carbocycles. The van der Waals surface area contributed by atoms with Gasteiger partial charge in [-0.25, -0.2) is 0 Å². The maximum absolute atomic E-state index is 12.8. The van der Waals surface area contributed by atoms with Crippen LogP contribution in [0.4, 0.5) is 0 Å². The van der Waals surface area contributed by atoms with Gasteiger partial charge in [0.2, 0.25) is 0 Å². The van der Waals surface area contributed by atoms with E-state index in [1.165, 1.54) is 0 Å². The summed E-state index contributed by atoms with van der Waals surface area (Å²) in [6.07, 6.45) is 6.66. The molecule has 0 unspecified atom stereocenters. The Balaban J connectivity index is 0.00000228. The fraction of sp³-hybridized carbons (Fsp3) is 0.875. The molecule has 3 heterocycles. The Morgan fingerprint density at radius 3 is 2.47 bits per heavy atom. The highest BCUT2D eigenvalue weighted by molar-refractivity contribution is 5.85. The van der Waals surface area contributed by atoms with Gasteiger partial charge in [0, 0.05) is 19.5 Å². The van der Waals surface area contributed by atoms with Crippen LogP contribution in [0.15, 0.2) is 0 Å². The average molecular weight is 550 g/mol. The van der Waals surface area contributed by atoms with Crippen LogP contribution in [-0.4, -0.2) is 82.0 Å². The Kier molecular flexibility index (Phi) is 12.3. The van der Waals surface area contributed by atoms with E-state index in [-0.39, 0.29) is 54.9 Å². The standard InChI is InChI=1S/C24H40N6O4.2ClH/c1-4-7-22-26-28-30(27-22)19-12-21(24(32)34-6-3)29(15-19)14-16-8-9-17-13-25-20(11-18(17)10-16)23(31)33-5-2;;/h16-21,25H,4-15H2,1-3H3;2*1H/t16-,17-,18+,19-,20-,21-;;/m0../s1. The van der Waals surface area contributed by atoms with E-state index in [1.54, 1.807) is 4.80 Å². The number of carbonyl (C=O) groups excluding carboxylic acids is 2. The summed E-state index contributed by atoms with van der Waals surface area (Å²) in [6.45, 7) is 9.06. The predicted octanol–water partition coefficient (Wildman–Crippen LogP) is 2.61. The van der Waals surface area contributed by atoms with E-state index in [0.29, 0.717) is 37.4 Å². The minimum atomic E-state index is -0.274. The summed E-state index contributed by atoms with van der Waals surface area (Å²) in [5, 5.41) is 16.4. The molecule has 2 saturated heterocycles. The van der Waals surface area contributed by atoms with Crippen LogP contribution in [-0.2, 0) is 25.5 Å². The molecule has 0 spiro atoms. The van der Waals surface area contributed by atoms with E-state index in [4.69, 9.17) is 9.47 Å². The number of likely N-dealkylation sites (tertiary alicyclic amines) is 1. The van der Waals surface area contributed by atoms with Gasteiger partial charge in [0.25, 0.3) is 0 Å². The van der Waals surface area contributed by atoms with Crippen LogP contribution >= 0.6 is 24.8 Å². The summed E-state index contributed by atoms with van der Waals surface area (Å²) < 4.78 is 10.7. The Morgan fingerprint density at radius 1 is 1.00 bits per heavy atom. The van der Waals surface area contributed by atoms with Crippen LogP contribution < -0.4 is 5.32 Å². The molecular weight excluding hydrogens is 507 g/mol. The van der Waals surface area contributed by atoms with E-state index in [9.17, 15) is 9.59 Å². The molecule has 3 fully saturated rings. The van der Waals surface area contributed by atoms with Crippen LogP contribution in [0.2, 0.25) is 0 Å². The zero-order valence-corrected chi connectivity index (χ0v) is 23.3. The lowest BCUT2D eigenvalue weighted by atomic mass is 9.69. The van der Waals surface area contributed by atoms with Gasteiger partial charge in [-0.1, -0.05) is 6.92 Å². The van der Waals surface area contributed by atoms with Gasteiger partial charge in [0.1, 0.15) is 12.1 Å². The van der Waals surface area contributed by atoms with E-state index >= 15 is 0 Å². The molecule has 0 aromatic carbocycles. The first-order valence-corrected chi connectivity index (χ1v) is 13.1. The minimum absolute atomic E-state index is 0. The van der Waals surface area contributed by atoms with Gasteiger partial charge in [-0.05, 0) is 81.9 Å². The topological polar surface area (TPSA) is 111 Å². The second-order valence-electron chi connectivity index (χ2n) is 10.0. The number of carbonyl (C=O) groups is 2. The lowest BCUT2D eigenvalue weighted by Gasteiger charge is -2.43. The first kappa shape index (κ1) is 30.7. The molecule has 2 aliphatic heterocycles. The fourth-order valence-electron chi connectivity index (χ4n) is 6.05.